The van der Waals surface area contributed by atoms with Gasteiger partial charge >= 0.3 is 0 Å². The third kappa shape index (κ3) is 3.63. The summed E-state index contributed by atoms with van der Waals surface area (Å²) in [5, 5.41) is 0. The molecule has 0 heterocycles. The summed E-state index contributed by atoms with van der Waals surface area (Å²) in [6.45, 7) is 0. The lowest BCUT2D eigenvalue weighted by Gasteiger charge is -2.10. The van der Waals surface area contributed by atoms with Crippen LogP contribution in [-0.2, 0) is 6.42 Å². The molecule has 0 aromatic heterocycles. The molecule has 3 heteroatoms. The van der Waals surface area contributed by atoms with Crippen LogP contribution in [0.25, 0.3) is 0 Å². The van der Waals surface area contributed by atoms with E-state index in [1.807, 2.05) is 6.07 Å². The molecule has 0 bridgehead atoms. The van der Waals surface area contributed by atoms with Crippen LogP contribution in [0.2, 0.25) is 0 Å². The molecule has 0 amide bonds. The molecule has 0 spiro atoms. The number of halogens is 1. The number of alkyl halides is 1. The summed E-state index contributed by atoms with van der Waals surface area (Å²) >= 11 is 3.77. The zero-order valence-electron chi connectivity index (χ0n) is 10.4. The van der Waals surface area contributed by atoms with Crippen molar-refractivity contribution < 1.29 is 9.47 Å². The minimum atomic E-state index is 0.666. The van der Waals surface area contributed by atoms with Gasteiger partial charge in [-0.15, -0.1) is 0 Å². The van der Waals surface area contributed by atoms with E-state index in [4.69, 9.17) is 9.47 Å². The van der Waals surface area contributed by atoms with Crippen molar-refractivity contribution in [3.05, 3.63) is 23.8 Å². The van der Waals surface area contributed by atoms with Crippen LogP contribution in [0, 0.1) is 5.92 Å². The van der Waals surface area contributed by atoms with E-state index in [0.717, 1.165) is 23.8 Å². The molecule has 0 radical (unpaired) electrons. The van der Waals surface area contributed by atoms with Gasteiger partial charge in [0.2, 0.25) is 0 Å². The fourth-order valence-electron chi connectivity index (χ4n) is 2.01. The average Bonchev–Trinajstić information content (AvgIpc) is 3.19. The van der Waals surface area contributed by atoms with E-state index in [0.29, 0.717) is 4.83 Å². The van der Waals surface area contributed by atoms with E-state index in [9.17, 15) is 0 Å². The first-order chi connectivity index (χ1) is 8.22. The van der Waals surface area contributed by atoms with E-state index in [1.54, 1.807) is 14.2 Å². The maximum absolute atomic E-state index is 5.27. The fourth-order valence-corrected chi connectivity index (χ4v) is 2.77. The van der Waals surface area contributed by atoms with Gasteiger partial charge in [0.1, 0.15) is 11.5 Å². The Kier molecular flexibility index (Phi) is 4.32. The summed E-state index contributed by atoms with van der Waals surface area (Å²) in [5.74, 6) is 2.65. The summed E-state index contributed by atoms with van der Waals surface area (Å²) < 4.78 is 10.5. The number of aryl methyl sites for hydroxylation is 1. The van der Waals surface area contributed by atoms with Crippen molar-refractivity contribution in [2.24, 2.45) is 5.92 Å². The summed E-state index contributed by atoms with van der Waals surface area (Å²) in [5.41, 5.74) is 1.28. The Morgan fingerprint density at radius 1 is 1.18 bits per heavy atom. The number of ether oxygens (including phenoxy) is 2. The highest BCUT2D eigenvalue weighted by atomic mass is 79.9. The van der Waals surface area contributed by atoms with Crippen molar-refractivity contribution in [3.8, 4) is 11.5 Å². The van der Waals surface area contributed by atoms with Gasteiger partial charge in [0.25, 0.3) is 0 Å². The van der Waals surface area contributed by atoms with E-state index < -0.39 is 0 Å². The minimum absolute atomic E-state index is 0.666. The van der Waals surface area contributed by atoms with Crippen molar-refractivity contribution >= 4 is 15.9 Å². The van der Waals surface area contributed by atoms with E-state index in [-0.39, 0.29) is 0 Å². The van der Waals surface area contributed by atoms with Crippen LogP contribution < -0.4 is 9.47 Å². The van der Waals surface area contributed by atoms with Gasteiger partial charge in [-0.05, 0) is 49.3 Å². The van der Waals surface area contributed by atoms with Crippen molar-refractivity contribution in [3.63, 3.8) is 0 Å². The topological polar surface area (TPSA) is 18.5 Å². The third-order valence-electron chi connectivity index (χ3n) is 3.25. The lowest BCUT2D eigenvalue weighted by Crippen LogP contribution is -2.02. The van der Waals surface area contributed by atoms with Gasteiger partial charge in [-0.1, -0.05) is 15.9 Å². The van der Waals surface area contributed by atoms with Crippen molar-refractivity contribution in [1.82, 2.24) is 0 Å². The summed E-state index contributed by atoms with van der Waals surface area (Å²) in [4.78, 5) is 0.666. The van der Waals surface area contributed by atoms with Gasteiger partial charge in [0.15, 0.2) is 0 Å². The Hall–Kier alpha value is -0.700. The molecule has 0 aliphatic heterocycles. The standard InChI is InChI=1S/C14H19BrO2/c1-16-12-7-10(8-13(9-12)17-2)3-6-14(15)11-4-5-11/h7-9,11,14H,3-6H2,1-2H3. The van der Waals surface area contributed by atoms with Crippen LogP contribution in [0.5, 0.6) is 11.5 Å². The molecule has 1 aromatic rings. The number of methoxy groups -OCH3 is 2. The number of benzene rings is 1. The fraction of sp³-hybridized carbons (Fsp3) is 0.571. The number of rotatable bonds is 6. The van der Waals surface area contributed by atoms with Gasteiger partial charge in [-0.25, -0.2) is 0 Å². The maximum atomic E-state index is 5.27. The molecule has 1 saturated carbocycles. The Morgan fingerprint density at radius 2 is 1.76 bits per heavy atom. The zero-order valence-corrected chi connectivity index (χ0v) is 12.0. The van der Waals surface area contributed by atoms with Gasteiger partial charge < -0.3 is 9.47 Å². The molecule has 1 fully saturated rings. The molecule has 17 heavy (non-hydrogen) atoms. The highest BCUT2D eigenvalue weighted by Gasteiger charge is 2.28. The van der Waals surface area contributed by atoms with Crippen molar-refractivity contribution in [2.75, 3.05) is 14.2 Å². The molecular weight excluding hydrogens is 280 g/mol. The van der Waals surface area contributed by atoms with Crippen molar-refractivity contribution in [2.45, 2.75) is 30.5 Å². The Morgan fingerprint density at radius 3 is 2.24 bits per heavy atom. The molecule has 1 atom stereocenters. The largest absolute Gasteiger partial charge is 0.497 e. The van der Waals surface area contributed by atoms with Gasteiger partial charge in [-0.3, -0.25) is 0 Å². The Labute approximate surface area is 111 Å². The van der Waals surface area contributed by atoms with Crippen LogP contribution in [0.4, 0.5) is 0 Å². The smallest absolute Gasteiger partial charge is 0.122 e. The Bertz CT molecular complexity index is 352. The zero-order chi connectivity index (χ0) is 12.3. The molecule has 0 N–H and O–H groups in total. The van der Waals surface area contributed by atoms with Crippen LogP contribution in [0.15, 0.2) is 18.2 Å². The summed E-state index contributed by atoms with van der Waals surface area (Å²) in [7, 11) is 3.38. The molecule has 1 aliphatic rings. The second-order valence-corrected chi connectivity index (χ2v) is 5.79. The van der Waals surface area contributed by atoms with Crippen LogP contribution >= 0.6 is 15.9 Å². The van der Waals surface area contributed by atoms with Crippen molar-refractivity contribution in [1.29, 1.82) is 0 Å². The van der Waals surface area contributed by atoms with Crippen LogP contribution in [-0.4, -0.2) is 19.0 Å². The molecular formula is C14H19BrO2. The highest BCUT2D eigenvalue weighted by molar-refractivity contribution is 9.09. The number of hydrogen-bond acceptors (Lipinski definition) is 2. The number of hydrogen-bond donors (Lipinski definition) is 0. The molecule has 2 nitrogen and oxygen atoms in total. The first kappa shape index (κ1) is 12.7. The predicted octanol–water partition coefficient (Wildman–Crippen LogP) is 3.81. The quantitative estimate of drug-likeness (QED) is 0.744. The van der Waals surface area contributed by atoms with E-state index in [2.05, 4.69) is 28.1 Å². The monoisotopic (exact) mass is 298 g/mol. The average molecular weight is 299 g/mol. The minimum Gasteiger partial charge on any atom is -0.497 e. The molecule has 1 aromatic carbocycles. The van der Waals surface area contributed by atoms with Gasteiger partial charge in [0.05, 0.1) is 14.2 Å². The molecule has 2 rings (SSSR count). The van der Waals surface area contributed by atoms with Crippen LogP contribution in [0.3, 0.4) is 0 Å². The molecule has 0 saturated heterocycles. The van der Waals surface area contributed by atoms with Gasteiger partial charge in [0, 0.05) is 10.9 Å². The third-order valence-corrected chi connectivity index (χ3v) is 4.46. The lowest BCUT2D eigenvalue weighted by atomic mass is 10.1. The Balaban J connectivity index is 1.98. The molecule has 1 aliphatic carbocycles. The van der Waals surface area contributed by atoms with Crippen LogP contribution in [0.1, 0.15) is 24.8 Å². The van der Waals surface area contributed by atoms with E-state index >= 15 is 0 Å². The second kappa shape index (κ2) is 5.76. The van der Waals surface area contributed by atoms with E-state index in [1.165, 1.54) is 24.8 Å². The highest BCUT2D eigenvalue weighted by Crippen LogP contribution is 2.38. The predicted molar refractivity (Wildman–Crippen MR) is 73.3 cm³/mol. The second-order valence-electron chi connectivity index (χ2n) is 4.61. The lowest BCUT2D eigenvalue weighted by molar-refractivity contribution is 0.393. The summed E-state index contributed by atoms with van der Waals surface area (Å²) in [6, 6.07) is 6.10. The molecule has 94 valence electrons. The molecule has 1 unspecified atom stereocenters. The van der Waals surface area contributed by atoms with Gasteiger partial charge in [-0.2, -0.15) is 0 Å². The first-order valence-electron chi connectivity index (χ1n) is 6.09. The summed E-state index contributed by atoms with van der Waals surface area (Å²) in [6.07, 6.45) is 5.02. The first-order valence-corrected chi connectivity index (χ1v) is 7.00. The maximum Gasteiger partial charge on any atom is 0.122 e. The normalized spacial score (nSPS) is 16.6. The SMILES string of the molecule is COc1cc(CCC(Br)C2CC2)cc(OC)c1.